The second-order valence-corrected chi connectivity index (χ2v) is 11.6. The number of nitrogens with one attached hydrogen (secondary N) is 2. The van der Waals surface area contributed by atoms with Gasteiger partial charge in [0.25, 0.3) is 0 Å². The molecule has 4 amide bonds. The van der Waals surface area contributed by atoms with Crippen molar-refractivity contribution < 1.29 is 38.2 Å². The summed E-state index contributed by atoms with van der Waals surface area (Å²) in [6, 6.07) is -1.82. The number of aromatic nitrogens is 2. The van der Waals surface area contributed by atoms with E-state index >= 15 is 0 Å². The van der Waals surface area contributed by atoms with Crippen LogP contribution in [0.5, 0.6) is 0 Å². The fraction of sp³-hybridized carbons (Fsp3) is 0.760. The van der Waals surface area contributed by atoms with Crippen molar-refractivity contribution in [2.24, 2.45) is 4.99 Å². The third-order valence-electron chi connectivity index (χ3n) is 5.80. The maximum Gasteiger partial charge on any atom is 0.437 e. The number of hydroxylamine groups is 2. The van der Waals surface area contributed by atoms with E-state index in [1.54, 1.807) is 46.4 Å². The number of alkyl carbamates (subject to hydrolysis) is 1. The van der Waals surface area contributed by atoms with Crippen molar-refractivity contribution in [2.75, 3.05) is 19.8 Å². The molecule has 0 aliphatic carbocycles. The van der Waals surface area contributed by atoms with Crippen LogP contribution in [0.2, 0.25) is 0 Å². The molecule has 3 rings (SSSR count). The topological polar surface area (TPSA) is 181 Å². The number of hydrogen-bond acceptors (Lipinski definition) is 10. The minimum Gasteiger partial charge on any atom is -0.444 e. The van der Waals surface area contributed by atoms with E-state index in [-0.39, 0.29) is 29.8 Å². The van der Waals surface area contributed by atoms with Crippen LogP contribution in [0.25, 0.3) is 0 Å². The average molecular weight is 568 g/mol. The van der Waals surface area contributed by atoms with Gasteiger partial charge in [-0.2, -0.15) is 5.06 Å². The Kier molecular flexibility index (Phi) is 9.95. The van der Waals surface area contributed by atoms with E-state index in [9.17, 15) is 19.5 Å². The molecule has 224 valence electrons. The largest absolute Gasteiger partial charge is 0.444 e. The lowest BCUT2D eigenvalue weighted by molar-refractivity contribution is -0.130. The zero-order valence-corrected chi connectivity index (χ0v) is 24.2. The summed E-state index contributed by atoms with van der Waals surface area (Å²) < 4.78 is 16.3. The lowest BCUT2D eigenvalue weighted by Gasteiger charge is -2.27. The molecule has 0 saturated carbocycles. The van der Waals surface area contributed by atoms with Crippen molar-refractivity contribution in [3.05, 3.63) is 11.8 Å². The highest BCUT2D eigenvalue weighted by molar-refractivity contribution is 5.99. The predicted molar refractivity (Wildman–Crippen MR) is 141 cm³/mol. The second kappa shape index (κ2) is 12.8. The van der Waals surface area contributed by atoms with Crippen LogP contribution in [0, 0.1) is 0 Å². The standard InChI is InChI=1S/C25H41N7O8/c1-8-9-12-37-32-15-10-11-17(31(13-15)23(32)36)19-30-29-18(38-19)16(14-33)26-20(27-21(34)39-24(2,3)4)28-22(35)40-25(5,6)7/h15-17,33H,8-14H2,1-7H3,(H2,26,27,28,34,35)/t15-,16?,17-/m0/s1. The molecule has 0 aromatic carbocycles. The van der Waals surface area contributed by atoms with Crippen LogP contribution in [0.15, 0.2) is 9.41 Å². The van der Waals surface area contributed by atoms with Gasteiger partial charge in [0.05, 0.1) is 19.3 Å². The number of hydrogen-bond donors (Lipinski definition) is 3. The van der Waals surface area contributed by atoms with Crippen LogP contribution >= 0.6 is 0 Å². The van der Waals surface area contributed by atoms with Gasteiger partial charge in [0.1, 0.15) is 23.3 Å². The first kappa shape index (κ1) is 31.1. The summed E-state index contributed by atoms with van der Waals surface area (Å²) >= 11 is 0. The van der Waals surface area contributed by atoms with Crippen LogP contribution in [-0.2, 0) is 14.3 Å². The maximum absolute atomic E-state index is 13.0. The first-order valence-electron chi connectivity index (χ1n) is 13.5. The number of piperidine rings is 1. The summed E-state index contributed by atoms with van der Waals surface area (Å²) in [5, 5.41) is 24.8. The van der Waals surface area contributed by atoms with E-state index < -0.39 is 42.1 Å². The van der Waals surface area contributed by atoms with Gasteiger partial charge in [-0.1, -0.05) is 13.3 Å². The lowest BCUT2D eigenvalue weighted by Crippen LogP contribution is -2.46. The average Bonchev–Trinajstić information content (AvgIpc) is 3.40. The highest BCUT2D eigenvalue weighted by Crippen LogP contribution is 2.38. The van der Waals surface area contributed by atoms with E-state index in [1.807, 2.05) is 0 Å². The monoisotopic (exact) mass is 567 g/mol. The second-order valence-electron chi connectivity index (χ2n) is 11.6. The third kappa shape index (κ3) is 8.52. The van der Waals surface area contributed by atoms with Crippen molar-refractivity contribution in [1.29, 1.82) is 0 Å². The van der Waals surface area contributed by atoms with E-state index in [0.29, 0.717) is 26.0 Å². The molecule has 15 nitrogen and oxygen atoms in total. The molecule has 3 heterocycles. The van der Waals surface area contributed by atoms with Crippen LogP contribution in [0.1, 0.15) is 98.0 Å². The van der Waals surface area contributed by atoms with Gasteiger partial charge in [-0.15, -0.1) is 15.2 Å². The van der Waals surface area contributed by atoms with Gasteiger partial charge in [-0.25, -0.2) is 14.4 Å². The molecule has 2 bridgehead atoms. The lowest BCUT2D eigenvalue weighted by atomic mass is 10.0. The number of amides is 4. The third-order valence-corrected chi connectivity index (χ3v) is 5.80. The molecular formula is C25H41N7O8. The Morgan fingerprint density at radius 1 is 1.15 bits per heavy atom. The van der Waals surface area contributed by atoms with Crippen LogP contribution in [-0.4, -0.2) is 86.4 Å². The number of aliphatic hydroxyl groups excluding tert-OH is 1. The van der Waals surface area contributed by atoms with Crippen LogP contribution < -0.4 is 10.6 Å². The van der Waals surface area contributed by atoms with Gasteiger partial charge in [-0.05, 0) is 60.8 Å². The molecule has 40 heavy (non-hydrogen) atoms. The molecular weight excluding hydrogens is 526 g/mol. The number of aliphatic hydroxyl groups is 1. The number of carbonyl (C=O) groups excluding carboxylic acids is 3. The van der Waals surface area contributed by atoms with Gasteiger partial charge < -0.3 is 29.2 Å². The number of nitrogens with zero attached hydrogens (tertiary/aromatic N) is 5. The van der Waals surface area contributed by atoms with Crippen molar-refractivity contribution in [3.63, 3.8) is 0 Å². The predicted octanol–water partition coefficient (Wildman–Crippen LogP) is 3.18. The zero-order valence-electron chi connectivity index (χ0n) is 24.2. The molecule has 0 spiro atoms. The number of ether oxygens (including phenoxy) is 2. The minimum atomic E-state index is -1.06. The fourth-order valence-corrected chi connectivity index (χ4v) is 4.11. The van der Waals surface area contributed by atoms with Crippen molar-refractivity contribution in [1.82, 2.24) is 30.8 Å². The zero-order chi connectivity index (χ0) is 29.7. The highest BCUT2D eigenvalue weighted by Gasteiger charge is 2.47. The normalized spacial score (nSPS) is 20.4. The summed E-state index contributed by atoms with van der Waals surface area (Å²) in [6.07, 6.45) is 1.23. The molecule has 0 radical (unpaired) electrons. The molecule has 2 aliphatic heterocycles. The number of carbonyl (C=O) groups is 3. The van der Waals surface area contributed by atoms with E-state index in [2.05, 4.69) is 32.7 Å². The van der Waals surface area contributed by atoms with E-state index in [1.165, 1.54) is 5.06 Å². The summed E-state index contributed by atoms with van der Waals surface area (Å²) in [7, 11) is 0. The van der Waals surface area contributed by atoms with Gasteiger partial charge in [0, 0.05) is 6.54 Å². The molecule has 3 N–H and O–H groups in total. The summed E-state index contributed by atoms with van der Waals surface area (Å²) in [5.41, 5.74) is -1.65. The first-order valence-corrected chi connectivity index (χ1v) is 13.5. The van der Waals surface area contributed by atoms with E-state index in [4.69, 9.17) is 18.7 Å². The molecule has 2 aliphatic rings. The Morgan fingerprint density at radius 3 is 2.48 bits per heavy atom. The van der Waals surface area contributed by atoms with Crippen molar-refractivity contribution in [3.8, 4) is 0 Å². The van der Waals surface area contributed by atoms with Gasteiger partial charge in [0.15, 0.2) is 0 Å². The molecule has 1 aromatic heterocycles. The first-order chi connectivity index (χ1) is 18.7. The molecule has 15 heteroatoms. The van der Waals surface area contributed by atoms with Crippen molar-refractivity contribution >= 4 is 24.2 Å². The number of guanidine groups is 1. The molecule has 3 atom stereocenters. The Labute approximate surface area is 233 Å². The Hall–Kier alpha value is -3.46. The summed E-state index contributed by atoms with van der Waals surface area (Å²) in [5.74, 6) is -0.189. The molecule has 1 unspecified atom stereocenters. The number of urea groups is 1. The smallest absolute Gasteiger partial charge is 0.437 e. The number of rotatable bonds is 8. The summed E-state index contributed by atoms with van der Waals surface area (Å²) in [6.45, 7) is 12.5. The molecule has 1 aromatic rings. The molecule has 2 saturated heterocycles. The number of fused-ring (bicyclic) bond motifs is 2. The number of aliphatic imine (C=N–C) groups is 1. The SMILES string of the molecule is CCCCON1C(=O)N2C[C@@H]1CC[C@H]2c1nnc(C(CO)N/C(=N\C(=O)OC(C)(C)C)NC(=O)OC(C)(C)C)o1. The van der Waals surface area contributed by atoms with Gasteiger partial charge >= 0.3 is 18.2 Å². The maximum atomic E-state index is 13.0. The fourth-order valence-electron chi connectivity index (χ4n) is 4.11. The number of unbranched alkanes of at least 4 members (excludes halogenated alkanes) is 1. The van der Waals surface area contributed by atoms with Gasteiger partial charge in [0.2, 0.25) is 17.7 Å². The van der Waals surface area contributed by atoms with Gasteiger partial charge in [-0.3, -0.25) is 10.2 Å². The molecule has 2 fully saturated rings. The Morgan fingerprint density at radius 2 is 1.85 bits per heavy atom. The Balaban J connectivity index is 1.75. The minimum absolute atomic E-state index is 0.0369. The van der Waals surface area contributed by atoms with E-state index in [0.717, 1.165) is 12.8 Å². The van der Waals surface area contributed by atoms with Crippen molar-refractivity contribution in [2.45, 2.75) is 103 Å². The van der Waals surface area contributed by atoms with Crippen LogP contribution in [0.4, 0.5) is 14.4 Å². The van der Waals surface area contributed by atoms with Crippen LogP contribution in [0.3, 0.4) is 0 Å². The quantitative estimate of drug-likeness (QED) is 0.238. The summed E-state index contributed by atoms with van der Waals surface area (Å²) in [4.78, 5) is 48.9. The Bertz CT molecular complexity index is 1080. The highest BCUT2D eigenvalue weighted by atomic mass is 16.7.